The van der Waals surface area contributed by atoms with Crippen LogP contribution < -0.4 is 14.8 Å². The predicted octanol–water partition coefficient (Wildman–Crippen LogP) is 4.73. The van der Waals surface area contributed by atoms with E-state index in [1.807, 2.05) is 30.3 Å². The highest BCUT2D eigenvalue weighted by molar-refractivity contribution is 5.96. The molecule has 3 aromatic rings. The fourth-order valence-corrected chi connectivity index (χ4v) is 4.35. The number of ether oxygens (including phenoxy) is 2. The Labute approximate surface area is 198 Å². The van der Waals surface area contributed by atoms with Gasteiger partial charge in [-0.15, -0.1) is 0 Å². The molecular weight excluding hydrogens is 435 g/mol. The highest BCUT2D eigenvalue weighted by Gasteiger charge is 2.35. The minimum Gasteiger partial charge on any atom is -0.497 e. The Balaban J connectivity index is 1.59. The second-order valence-electron chi connectivity index (χ2n) is 8.35. The summed E-state index contributed by atoms with van der Waals surface area (Å²) in [6.45, 7) is 0.696. The lowest BCUT2D eigenvalue weighted by Gasteiger charge is -2.37. The van der Waals surface area contributed by atoms with E-state index in [0.717, 1.165) is 5.56 Å². The van der Waals surface area contributed by atoms with Gasteiger partial charge in [-0.2, -0.15) is 0 Å². The summed E-state index contributed by atoms with van der Waals surface area (Å²) in [6.07, 6.45) is 0.587. The van der Waals surface area contributed by atoms with Gasteiger partial charge in [0.1, 0.15) is 17.3 Å². The highest BCUT2D eigenvalue weighted by Crippen LogP contribution is 2.33. The van der Waals surface area contributed by atoms with Gasteiger partial charge >= 0.3 is 0 Å². The van der Waals surface area contributed by atoms with Crippen molar-refractivity contribution in [3.8, 4) is 11.5 Å². The molecule has 176 valence electrons. The quantitative estimate of drug-likeness (QED) is 0.575. The lowest BCUT2D eigenvalue weighted by atomic mass is 9.83. The number of piperidine rings is 1. The van der Waals surface area contributed by atoms with E-state index in [1.165, 1.54) is 18.2 Å². The molecule has 1 heterocycles. The van der Waals surface area contributed by atoms with Crippen LogP contribution in [0, 0.1) is 11.7 Å². The molecular formula is C27H27FN2O4. The number of rotatable bonds is 6. The van der Waals surface area contributed by atoms with Crippen LogP contribution in [0.4, 0.5) is 10.1 Å². The van der Waals surface area contributed by atoms with Crippen LogP contribution in [0.1, 0.15) is 28.3 Å². The summed E-state index contributed by atoms with van der Waals surface area (Å²) in [4.78, 5) is 28.2. The number of nitrogens with zero attached hydrogens (tertiary/aromatic N) is 1. The first-order chi connectivity index (χ1) is 16.5. The number of likely N-dealkylation sites (tertiary alicyclic amines) is 1. The number of hydrogen-bond acceptors (Lipinski definition) is 4. The minimum atomic E-state index is -0.469. The van der Waals surface area contributed by atoms with E-state index in [-0.39, 0.29) is 29.8 Å². The second-order valence-corrected chi connectivity index (χ2v) is 8.35. The fraction of sp³-hybridized carbons (Fsp3) is 0.259. The number of amides is 2. The van der Waals surface area contributed by atoms with Crippen LogP contribution in [-0.2, 0) is 4.79 Å². The molecule has 0 spiro atoms. The molecule has 3 aromatic carbocycles. The van der Waals surface area contributed by atoms with Gasteiger partial charge in [0.15, 0.2) is 0 Å². The van der Waals surface area contributed by atoms with E-state index < -0.39 is 11.7 Å². The van der Waals surface area contributed by atoms with Crippen molar-refractivity contribution in [2.45, 2.75) is 12.3 Å². The molecule has 1 saturated heterocycles. The predicted molar refractivity (Wildman–Crippen MR) is 128 cm³/mol. The summed E-state index contributed by atoms with van der Waals surface area (Å²) in [6, 6.07) is 20.6. The molecule has 1 fully saturated rings. The van der Waals surface area contributed by atoms with Gasteiger partial charge in [0, 0.05) is 48.5 Å². The Morgan fingerprint density at radius 3 is 2.26 bits per heavy atom. The molecule has 0 aromatic heterocycles. The van der Waals surface area contributed by atoms with Crippen molar-refractivity contribution >= 4 is 17.5 Å². The molecule has 0 bridgehead atoms. The van der Waals surface area contributed by atoms with Gasteiger partial charge < -0.3 is 19.7 Å². The molecule has 2 atom stereocenters. The first kappa shape index (κ1) is 23.3. The number of carbonyl (C=O) groups is 2. The topological polar surface area (TPSA) is 67.9 Å². The first-order valence-corrected chi connectivity index (χ1v) is 11.1. The molecule has 1 aliphatic rings. The van der Waals surface area contributed by atoms with Crippen LogP contribution in [0.5, 0.6) is 11.5 Å². The molecule has 4 rings (SSSR count). The van der Waals surface area contributed by atoms with E-state index in [4.69, 9.17) is 9.47 Å². The van der Waals surface area contributed by atoms with Gasteiger partial charge in [-0.1, -0.05) is 36.4 Å². The minimum absolute atomic E-state index is 0.0249. The van der Waals surface area contributed by atoms with Crippen molar-refractivity contribution in [2.75, 3.05) is 32.6 Å². The van der Waals surface area contributed by atoms with E-state index in [0.29, 0.717) is 30.2 Å². The lowest BCUT2D eigenvalue weighted by molar-refractivity contribution is -0.121. The van der Waals surface area contributed by atoms with Crippen molar-refractivity contribution in [3.63, 3.8) is 0 Å². The van der Waals surface area contributed by atoms with E-state index in [2.05, 4.69) is 5.32 Å². The number of anilines is 1. The van der Waals surface area contributed by atoms with Gasteiger partial charge in [-0.05, 0) is 30.2 Å². The van der Waals surface area contributed by atoms with E-state index in [1.54, 1.807) is 43.4 Å². The monoisotopic (exact) mass is 462 g/mol. The van der Waals surface area contributed by atoms with Gasteiger partial charge in [-0.3, -0.25) is 9.59 Å². The van der Waals surface area contributed by atoms with E-state index >= 15 is 0 Å². The third-order valence-corrected chi connectivity index (χ3v) is 6.07. The number of benzene rings is 3. The number of methoxy groups -OCH3 is 2. The maximum absolute atomic E-state index is 13.8. The molecule has 0 aliphatic carbocycles. The summed E-state index contributed by atoms with van der Waals surface area (Å²) < 4.78 is 24.3. The van der Waals surface area contributed by atoms with Gasteiger partial charge in [0.2, 0.25) is 5.91 Å². The van der Waals surface area contributed by atoms with Crippen LogP contribution in [-0.4, -0.2) is 44.0 Å². The Morgan fingerprint density at radius 1 is 0.912 bits per heavy atom. The van der Waals surface area contributed by atoms with Crippen LogP contribution in [0.25, 0.3) is 0 Å². The molecule has 34 heavy (non-hydrogen) atoms. The van der Waals surface area contributed by atoms with Gasteiger partial charge in [0.25, 0.3) is 5.91 Å². The number of carbonyl (C=O) groups excluding carboxylic acids is 2. The summed E-state index contributed by atoms with van der Waals surface area (Å²) >= 11 is 0. The van der Waals surface area contributed by atoms with Gasteiger partial charge in [0.05, 0.1) is 20.1 Å². The molecule has 2 amide bonds. The Hall–Kier alpha value is -3.87. The zero-order chi connectivity index (χ0) is 24.1. The fourth-order valence-electron chi connectivity index (χ4n) is 4.35. The third-order valence-electron chi connectivity index (χ3n) is 6.07. The Kier molecular flexibility index (Phi) is 7.11. The maximum Gasteiger partial charge on any atom is 0.253 e. The number of hydrogen-bond donors (Lipinski definition) is 1. The van der Waals surface area contributed by atoms with Crippen LogP contribution in [0.3, 0.4) is 0 Å². The van der Waals surface area contributed by atoms with Crippen molar-refractivity contribution in [2.24, 2.45) is 5.92 Å². The SMILES string of the molecule is COc1cc(NC(=O)C2CC(c3ccccc3)CN(C(=O)c3cccc(F)c3)C2)cc(OC)c1. The zero-order valence-corrected chi connectivity index (χ0v) is 19.2. The molecule has 0 radical (unpaired) electrons. The van der Waals surface area contributed by atoms with Crippen molar-refractivity contribution < 1.29 is 23.5 Å². The molecule has 0 saturated carbocycles. The highest BCUT2D eigenvalue weighted by atomic mass is 19.1. The Bertz CT molecular complexity index is 1150. The number of nitrogens with one attached hydrogen (secondary N) is 1. The second kappa shape index (κ2) is 10.4. The van der Waals surface area contributed by atoms with Crippen LogP contribution >= 0.6 is 0 Å². The summed E-state index contributed by atoms with van der Waals surface area (Å²) in [5.41, 5.74) is 1.87. The molecule has 2 unspecified atom stereocenters. The van der Waals surface area contributed by atoms with Crippen molar-refractivity contribution in [1.82, 2.24) is 4.90 Å². The van der Waals surface area contributed by atoms with Crippen LogP contribution in [0.15, 0.2) is 72.8 Å². The standard InChI is InChI=1S/C27H27FN2O4/c1-33-24-13-23(14-25(15-24)34-2)29-26(31)21-11-20(18-7-4-3-5-8-18)16-30(17-21)27(32)19-9-6-10-22(28)12-19/h3-10,12-15,20-21H,11,16-17H2,1-2H3,(H,29,31). The summed E-state index contributed by atoms with van der Waals surface area (Å²) in [5.74, 6) is -0.318. The molecule has 6 nitrogen and oxygen atoms in total. The van der Waals surface area contributed by atoms with Crippen molar-refractivity contribution in [3.05, 3.63) is 89.7 Å². The third kappa shape index (κ3) is 5.36. The lowest BCUT2D eigenvalue weighted by Crippen LogP contribution is -2.46. The Morgan fingerprint density at radius 2 is 1.62 bits per heavy atom. The molecule has 7 heteroatoms. The van der Waals surface area contributed by atoms with Gasteiger partial charge in [-0.25, -0.2) is 4.39 Å². The van der Waals surface area contributed by atoms with E-state index in [9.17, 15) is 14.0 Å². The summed E-state index contributed by atoms with van der Waals surface area (Å²) in [7, 11) is 3.09. The van der Waals surface area contributed by atoms with Crippen LogP contribution in [0.2, 0.25) is 0 Å². The smallest absolute Gasteiger partial charge is 0.253 e. The number of halogens is 1. The molecule has 1 N–H and O–H groups in total. The summed E-state index contributed by atoms with van der Waals surface area (Å²) in [5, 5.41) is 2.94. The van der Waals surface area contributed by atoms with Crippen molar-refractivity contribution in [1.29, 1.82) is 0 Å². The average molecular weight is 463 g/mol. The average Bonchev–Trinajstić information content (AvgIpc) is 2.88. The first-order valence-electron chi connectivity index (χ1n) is 11.1. The molecule has 1 aliphatic heterocycles. The normalized spacial score (nSPS) is 17.7. The largest absolute Gasteiger partial charge is 0.497 e. The maximum atomic E-state index is 13.8. The zero-order valence-electron chi connectivity index (χ0n) is 19.2.